The largest absolute Gasteiger partial charge is 0.392 e. The van der Waals surface area contributed by atoms with Gasteiger partial charge in [-0.3, -0.25) is 4.79 Å². The molecule has 116 valence electrons. The van der Waals surface area contributed by atoms with E-state index in [9.17, 15) is 9.90 Å². The van der Waals surface area contributed by atoms with Crippen molar-refractivity contribution in [2.45, 2.75) is 58.0 Å². The minimum atomic E-state index is -0.461. The highest BCUT2D eigenvalue weighted by molar-refractivity contribution is 5.79. The van der Waals surface area contributed by atoms with Crippen molar-refractivity contribution >= 4 is 5.91 Å². The van der Waals surface area contributed by atoms with E-state index in [0.29, 0.717) is 6.54 Å². The summed E-state index contributed by atoms with van der Waals surface area (Å²) < 4.78 is 0. The van der Waals surface area contributed by atoms with E-state index in [-0.39, 0.29) is 17.2 Å². The van der Waals surface area contributed by atoms with Gasteiger partial charge in [-0.05, 0) is 36.8 Å². The zero-order valence-corrected chi connectivity index (χ0v) is 13.4. The lowest BCUT2D eigenvalue weighted by Gasteiger charge is -2.27. The van der Waals surface area contributed by atoms with Gasteiger partial charge in [0.25, 0.3) is 0 Å². The number of amides is 1. The van der Waals surface area contributed by atoms with E-state index < -0.39 is 6.10 Å². The highest BCUT2D eigenvalue weighted by Gasteiger charge is 2.32. The molecule has 3 nitrogen and oxygen atoms in total. The summed E-state index contributed by atoms with van der Waals surface area (Å²) in [6.45, 7) is 7.02. The molecule has 0 heterocycles. The maximum Gasteiger partial charge on any atom is 0.225 e. The van der Waals surface area contributed by atoms with Crippen LogP contribution < -0.4 is 5.32 Å². The van der Waals surface area contributed by atoms with E-state index >= 15 is 0 Å². The normalized spacial score (nSPS) is 22.3. The fourth-order valence-corrected chi connectivity index (χ4v) is 2.98. The zero-order chi connectivity index (χ0) is 15.5. The van der Waals surface area contributed by atoms with E-state index in [4.69, 9.17) is 0 Å². The van der Waals surface area contributed by atoms with Crippen molar-refractivity contribution in [1.82, 2.24) is 5.32 Å². The lowest BCUT2D eigenvalue weighted by atomic mass is 9.84. The van der Waals surface area contributed by atoms with Crippen LogP contribution in [-0.4, -0.2) is 23.7 Å². The Morgan fingerprint density at radius 2 is 1.95 bits per heavy atom. The van der Waals surface area contributed by atoms with Gasteiger partial charge in [-0.2, -0.15) is 0 Å². The van der Waals surface area contributed by atoms with Crippen LogP contribution in [0.25, 0.3) is 0 Å². The van der Waals surface area contributed by atoms with Crippen LogP contribution in [-0.2, 0) is 16.6 Å². The SMILES string of the molecule is CCc1ccc(C(C)(C)CNC(=O)C2CCCC2O)cc1. The van der Waals surface area contributed by atoms with Gasteiger partial charge in [-0.25, -0.2) is 0 Å². The van der Waals surface area contributed by atoms with E-state index in [2.05, 4.69) is 50.4 Å². The van der Waals surface area contributed by atoms with Crippen LogP contribution in [0.3, 0.4) is 0 Å². The van der Waals surface area contributed by atoms with Crippen LogP contribution in [0.4, 0.5) is 0 Å². The van der Waals surface area contributed by atoms with Gasteiger partial charge >= 0.3 is 0 Å². The first-order valence-electron chi connectivity index (χ1n) is 7.99. The number of carbonyl (C=O) groups excluding carboxylic acids is 1. The van der Waals surface area contributed by atoms with Crippen LogP contribution >= 0.6 is 0 Å². The predicted molar refractivity (Wildman–Crippen MR) is 85.2 cm³/mol. The molecule has 2 atom stereocenters. The molecule has 0 aromatic heterocycles. The molecule has 0 spiro atoms. The Hall–Kier alpha value is -1.35. The Balaban J connectivity index is 1.95. The second-order valence-corrected chi connectivity index (χ2v) is 6.76. The summed E-state index contributed by atoms with van der Waals surface area (Å²) in [5.74, 6) is -0.221. The summed E-state index contributed by atoms with van der Waals surface area (Å²) in [5, 5.41) is 12.8. The number of benzene rings is 1. The summed E-state index contributed by atoms with van der Waals surface area (Å²) in [6.07, 6.45) is 3.08. The van der Waals surface area contributed by atoms with Gasteiger partial charge in [0.15, 0.2) is 0 Å². The highest BCUT2D eigenvalue weighted by Crippen LogP contribution is 2.27. The maximum absolute atomic E-state index is 12.2. The fourth-order valence-electron chi connectivity index (χ4n) is 2.98. The molecular formula is C18H27NO2. The Bertz CT molecular complexity index is 478. The fraction of sp³-hybridized carbons (Fsp3) is 0.611. The van der Waals surface area contributed by atoms with Crippen molar-refractivity contribution in [2.75, 3.05) is 6.54 Å². The van der Waals surface area contributed by atoms with Crippen molar-refractivity contribution in [3.05, 3.63) is 35.4 Å². The molecule has 2 rings (SSSR count). The molecule has 21 heavy (non-hydrogen) atoms. The Morgan fingerprint density at radius 1 is 1.29 bits per heavy atom. The lowest BCUT2D eigenvalue weighted by molar-refractivity contribution is -0.127. The highest BCUT2D eigenvalue weighted by atomic mass is 16.3. The summed E-state index contributed by atoms with van der Waals surface area (Å²) in [5.41, 5.74) is 2.45. The smallest absolute Gasteiger partial charge is 0.225 e. The first-order chi connectivity index (χ1) is 9.94. The third-order valence-corrected chi connectivity index (χ3v) is 4.66. The molecule has 0 radical (unpaired) electrons. The van der Waals surface area contributed by atoms with Crippen LogP contribution in [0.5, 0.6) is 0 Å². The number of aliphatic hydroxyl groups is 1. The Morgan fingerprint density at radius 3 is 2.48 bits per heavy atom. The van der Waals surface area contributed by atoms with Crippen LogP contribution in [0.1, 0.15) is 51.2 Å². The van der Waals surface area contributed by atoms with Gasteiger partial charge in [0, 0.05) is 12.0 Å². The molecule has 0 aliphatic heterocycles. The second kappa shape index (κ2) is 6.61. The van der Waals surface area contributed by atoms with Crippen LogP contribution in [0, 0.1) is 5.92 Å². The molecular weight excluding hydrogens is 262 g/mol. The van der Waals surface area contributed by atoms with Crippen LogP contribution in [0.2, 0.25) is 0 Å². The summed E-state index contributed by atoms with van der Waals surface area (Å²) in [4.78, 5) is 12.2. The summed E-state index contributed by atoms with van der Waals surface area (Å²) in [6, 6.07) is 8.60. The van der Waals surface area contributed by atoms with Gasteiger partial charge in [-0.15, -0.1) is 0 Å². The molecule has 2 N–H and O–H groups in total. The first-order valence-corrected chi connectivity index (χ1v) is 7.99. The van der Waals surface area contributed by atoms with E-state index in [1.165, 1.54) is 11.1 Å². The molecule has 0 bridgehead atoms. The molecule has 1 fully saturated rings. The van der Waals surface area contributed by atoms with Crippen molar-refractivity contribution in [3.8, 4) is 0 Å². The van der Waals surface area contributed by atoms with Gasteiger partial charge in [-0.1, -0.05) is 45.0 Å². The average Bonchev–Trinajstić information content (AvgIpc) is 2.91. The molecule has 3 heteroatoms. The van der Waals surface area contributed by atoms with Crippen molar-refractivity contribution < 1.29 is 9.90 Å². The molecule has 1 aliphatic rings. The van der Waals surface area contributed by atoms with Gasteiger partial charge in [0.2, 0.25) is 5.91 Å². The minimum absolute atomic E-state index is 0.00162. The summed E-state index contributed by atoms with van der Waals surface area (Å²) >= 11 is 0. The standard InChI is InChI=1S/C18H27NO2/c1-4-13-8-10-14(11-9-13)18(2,3)12-19-17(21)15-6-5-7-16(15)20/h8-11,15-16,20H,4-7,12H2,1-3H3,(H,19,21). The number of hydrogen-bond donors (Lipinski definition) is 2. The Kier molecular flexibility index (Phi) is 5.04. The number of nitrogens with one attached hydrogen (secondary N) is 1. The number of hydrogen-bond acceptors (Lipinski definition) is 2. The lowest BCUT2D eigenvalue weighted by Crippen LogP contribution is -2.41. The maximum atomic E-state index is 12.2. The van der Waals surface area contributed by atoms with Crippen molar-refractivity contribution in [1.29, 1.82) is 0 Å². The molecule has 2 unspecified atom stereocenters. The molecule has 1 aromatic carbocycles. The summed E-state index contributed by atoms with van der Waals surface area (Å²) in [7, 11) is 0. The van der Waals surface area contributed by atoms with Gasteiger partial charge < -0.3 is 10.4 Å². The van der Waals surface area contributed by atoms with Crippen LogP contribution in [0.15, 0.2) is 24.3 Å². The monoisotopic (exact) mass is 289 g/mol. The molecule has 1 amide bonds. The first kappa shape index (κ1) is 16.0. The molecule has 1 aliphatic carbocycles. The number of carbonyl (C=O) groups is 1. The van der Waals surface area contributed by atoms with E-state index in [0.717, 1.165) is 25.7 Å². The number of rotatable bonds is 5. The Labute approximate surface area is 127 Å². The number of aliphatic hydroxyl groups excluding tert-OH is 1. The molecule has 1 aromatic rings. The van der Waals surface area contributed by atoms with Gasteiger partial charge in [0.1, 0.15) is 0 Å². The minimum Gasteiger partial charge on any atom is -0.392 e. The van der Waals surface area contributed by atoms with E-state index in [1.54, 1.807) is 0 Å². The molecule has 0 saturated heterocycles. The van der Waals surface area contributed by atoms with Gasteiger partial charge in [0.05, 0.1) is 12.0 Å². The predicted octanol–water partition coefficient (Wildman–Crippen LogP) is 2.80. The zero-order valence-electron chi connectivity index (χ0n) is 13.4. The number of aryl methyl sites for hydroxylation is 1. The third-order valence-electron chi connectivity index (χ3n) is 4.66. The average molecular weight is 289 g/mol. The third kappa shape index (κ3) is 3.85. The van der Waals surface area contributed by atoms with Crippen molar-refractivity contribution in [2.24, 2.45) is 5.92 Å². The molecule has 1 saturated carbocycles. The topological polar surface area (TPSA) is 49.3 Å². The van der Waals surface area contributed by atoms with Crippen molar-refractivity contribution in [3.63, 3.8) is 0 Å². The second-order valence-electron chi connectivity index (χ2n) is 6.76. The quantitative estimate of drug-likeness (QED) is 0.875. The van der Waals surface area contributed by atoms with E-state index in [1.807, 2.05) is 0 Å².